The molecule has 1 atom stereocenters. The van der Waals surface area contributed by atoms with E-state index in [0.29, 0.717) is 24.3 Å². The van der Waals surface area contributed by atoms with Gasteiger partial charge in [0.05, 0.1) is 24.8 Å². The van der Waals surface area contributed by atoms with E-state index in [1.165, 1.54) is 12.8 Å². The molecule has 0 amide bonds. The highest BCUT2D eigenvalue weighted by molar-refractivity contribution is 5.75. The van der Waals surface area contributed by atoms with Crippen LogP contribution in [-0.2, 0) is 0 Å². The molecule has 20 heavy (non-hydrogen) atoms. The van der Waals surface area contributed by atoms with Crippen molar-refractivity contribution in [1.82, 2.24) is 15.3 Å². The molecule has 3 rings (SSSR count). The third-order valence-electron chi connectivity index (χ3n) is 3.56. The first-order valence-electron chi connectivity index (χ1n) is 7.01. The Morgan fingerprint density at radius 3 is 2.60 bits per heavy atom. The summed E-state index contributed by atoms with van der Waals surface area (Å²) in [6.07, 6.45) is 2.39. The number of nitrogens with zero attached hydrogens (tertiary/aromatic N) is 2. The van der Waals surface area contributed by atoms with Gasteiger partial charge in [0.25, 0.3) is 11.8 Å². The highest BCUT2D eigenvalue weighted by Crippen LogP contribution is 2.26. The van der Waals surface area contributed by atoms with Gasteiger partial charge in [0.15, 0.2) is 0 Å². The Morgan fingerprint density at radius 1 is 1.20 bits per heavy atom. The molecule has 0 bridgehead atoms. The molecule has 0 aliphatic carbocycles. The van der Waals surface area contributed by atoms with Crippen molar-refractivity contribution < 1.29 is 9.47 Å². The number of fused-ring (bicyclic) bond motifs is 1. The zero-order valence-electron chi connectivity index (χ0n) is 11.6. The molecule has 2 heterocycles. The lowest BCUT2D eigenvalue weighted by Crippen LogP contribution is -2.33. The van der Waals surface area contributed by atoms with Gasteiger partial charge >= 0.3 is 0 Å². The summed E-state index contributed by atoms with van der Waals surface area (Å²) in [6.45, 7) is 2.76. The van der Waals surface area contributed by atoms with E-state index in [9.17, 15) is 0 Å². The zero-order chi connectivity index (χ0) is 13.8. The number of ether oxygens (including phenoxy) is 2. The molecule has 0 spiro atoms. The van der Waals surface area contributed by atoms with E-state index in [4.69, 9.17) is 9.47 Å². The summed E-state index contributed by atoms with van der Waals surface area (Å²) in [4.78, 5) is 8.93. The summed E-state index contributed by atoms with van der Waals surface area (Å²) in [5, 5.41) is 3.38. The third-order valence-corrected chi connectivity index (χ3v) is 3.56. The second kappa shape index (κ2) is 6.05. The number of para-hydroxylation sites is 2. The Hall–Kier alpha value is -1.88. The van der Waals surface area contributed by atoms with Crippen LogP contribution in [0, 0.1) is 5.92 Å². The van der Waals surface area contributed by atoms with Crippen molar-refractivity contribution in [1.29, 1.82) is 0 Å². The van der Waals surface area contributed by atoms with Crippen molar-refractivity contribution in [2.75, 3.05) is 26.8 Å². The van der Waals surface area contributed by atoms with Gasteiger partial charge in [-0.05, 0) is 31.5 Å². The Bertz CT molecular complexity index is 582. The molecule has 1 aromatic heterocycles. The van der Waals surface area contributed by atoms with Gasteiger partial charge in [0.1, 0.15) is 0 Å². The molecule has 1 saturated heterocycles. The smallest absolute Gasteiger partial charge is 0.278 e. The molecule has 2 aromatic rings. The van der Waals surface area contributed by atoms with Crippen molar-refractivity contribution >= 4 is 11.0 Å². The van der Waals surface area contributed by atoms with Gasteiger partial charge in [-0.2, -0.15) is 0 Å². The number of methoxy groups -OCH3 is 1. The van der Waals surface area contributed by atoms with Crippen LogP contribution < -0.4 is 14.8 Å². The van der Waals surface area contributed by atoms with Crippen LogP contribution >= 0.6 is 0 Å². The second-order valence-electron chi connectivity index (χ2n) is 5.05. The SMILES string of the molecule is COc1nc2ccccc2nc1OC[C@@H]1CCCNC1. The predicted molar refractivity (Wildman–Crippen MR) is 77.2 cm³/mol. The van der Waals surface area contributed by atoms with E-state index in [-0.39, 0.29) is 0 Å². The van der Waals surface area contributed by atoms with Crippen LogP contribution in [-0.4, -0.2) is 36.8 Å². The van der Waals surface area contributed by atoms with Crippen molar-refractivity contribution in [3.05, 3.63) is 24.3 Å². The quantitative estimate of drug-likeness (QED) is 0.923. The molecule has 1 N–H and O–H groups in total. The minimum atomic E-state index is 0.451. The minimum absolute atomic E-state index is 0.451. The first kappa shape index (κ1) is 13.1. The van der Waals surface area contributed by atoms with Gasteiger partial charge < -0.3 is 14.8 Å². The monoisotopic (exact) mass is 273 g/mol. The summed E-state index contributed by atoms with van der Waals surface area (Å²) in [5.74, 6) is 1.46. The number of rotatable bonds is 4. The standard InChI is InChI=1S/C15H19N3O2/c1-19-14-15(20-10-11-5-4-8-16-9-11)18-13-7-3-2-6-12(13)17-14/h2-3,6-7,11,16H,4-5,8-10H2,1H3/t11-/m1/s1. The van der Waals surface area contributed by atoms with Crippen LogP contribution in [0.2, 0.25) is 0 Å². The minimum Gasteiger partial charge on any atom is -0.477 e. The fourth-order valence-electron chi connectivity index (χ4n) is 2.46. The van der Waals surface area contributed by atoms with E-state index >= 15 is 0 Å². The molecule has 1 aliphatic rings. The van der Waals surface area contributed by atoms with Gasteiger partial charge in [0.2, 0.25) is 0 Å². The normalized spacial score (nSPS) is 18.9. The van der Waals surface area contributed by atoms with Gasteiger partial charge in [-0.15, -0.1) is 0 Å². The van der Waals surface area contributed by atoms with Crippen molar-refractivity contribution in [2.45, 2.75) is 12.8 Å². The lowest BCUT2D eigenvalue weighted by Gasteiger charge is -2.22. The predicted octanol–water partition coefficient (Wildman–Crippen LogP) is 2.02. The van der Waals surface area contributed by atoms with E-state index in [1.54, 1.807) is 7.11 Å². The molecule has 5 nitrogen and oxygen atoms in total. The topological polar surface area (TPSA) is 56.3 Å². The molecule has 0 saturated carbocycles. The molecule has 1 aliphatic heterocycles. The number of piperidine rings is 1. The first-order chi connectivity index (χ1) is 9.86. The average molecular weight is 273 g/mol. The summed E-state index contributed by atoms with van der Waals surface area (Å²) >= 11 is 0. The summed E-state index contributed by atoms with van der Waals surface area (Å²) in [5.41, 5.74) is 1.64. The third kappa shape index (κ3) is 2.82. The highest BCUT2D eigenvalue weighted by atomic mass is 16.5. The van der Waals surface area contributed by atoms with E-state index in [0.717, 1.165) is 24.1 Å². The number of nitrogens with one attached hydrogen (secondary N) is 1. The Kier molecular flexibility index (Phi) is 3.97. The van der Waals surface area contributed by atoms with Crippen LogP contribution in [0.5, 0.6) is 11.8 Å². The van der Waals surface area contributed by atoms with Crippen LogP contribution in [0.1, 0.15) is 12.8 Å². The highest BCUT2D eigenvalue weighted by Gasteiger charge is 2.16. The Morgan fingerprint density at radius 2 is 1.95 bits per heavy atom. The molecule has 5 heteroatoms. The fraction of sp³-hybridized carbons (Fsp3) is 0.467. The number of hydrogen-bond donors (Lipinski definition) is 1. The summed E-state index contributed by atoms with van der Waals surface area (Å²) < 4.78 is 11.1. The van der Waals surface area contributed by atoms with E-state index in [2.05, 4.69) is 15.3 Å². The molecule has 0 unspecified atom stereocenters. The van der Waals surface area contributed by atoms with Gasteiger partial charge in [-0.1, -0.05) is 12.1 Å². The lowest BCUT2D eigenvalue weighted by molar-refractivity contribution is 0.203. The maximum atomic E-state index is 5.84. The summed E-state index contributed by atoms with van der Waals surface area (Å²) in [6, 6.07) is 7.72. The molecule has 106 valence electrons. The van der Waals surface area contributed by atoms with E-state index < -0.39 is 0 Å². The average Bonchev–Trinajstić information content (AvgIpc) is 2.53. The van der Waals surface area contributed by atoms with E-state index in [1.807, 2.05) is 24.3 Å². The van der Waals surface area contributed by atoms with Crippen LogP contribution in [0.4, 0.5) is 0 Å². The van der Waals surface area contributed by atoms with Crippen molar-refractivity contribution in [3.8, 4) is 11.8 Å². The molecular formula is C15H19N3O2. The number of hydrogen-bond acceptors (Lipinski definition) is 5. The van der Waals surface area contributed by atoms with Gasteiger partial charge in [-0.3, -0.25) is 0 Å². The first-order valence-corrected chi connectivity index (χ1v) is 7.01. The molecule has 1 aromatic carbocycles. The summed E-state index contributed by atoms with van der Waals surface area (Å²) in [7, 11) is 1.59. The van der Waals surface area contributed by atoms with Crippen molar-refractivity contribution in [3.63, 3.8) is 0 Å². The van der Waals surface area contributed by atoms with Crippen LogP contribution in [0.3, 0.4) is 0 Å². The molecule has 0 radical (unpaired) electrons. The van der Waals surface area contributed by atoms with Crippen LogP contribution in [0.15, 0.2) is 24.3 Å². The Balaban J connectivity index is 1.78. The zero-order valence-corrected chi connectivity index (χ0v) is 11.6. The molecular weight excluding hydrogens is 254 g/mol. The van der Waals surface area contributed by atoms with Crippen LogP contribution in [0.25, 0.3) is 11.0 Å². The van der Waals surface area contributed by atoms with Gasteiger partial charge in [0, 0.05) is 12.5 Å². The van der Waals surface area contributed by atoms with Crippen molar-refractivity contribution in [2.24, 2.45) is 5.92 Å². The number of benzene rings is 1. The second-order valence-corrected chi connectivity index (χ2v) is 5.05. The lowest BCUT2D eigenvalue weighted by atomic mass is 10.0. The largest absolute Gasteiger partial charge is 0.477 e. The molecule has 1 fully saturated rings. The van der Waals surface area contributed by atoms with Gasteiger partial charge in [-0.25, -0.2) is 9.97 Å². The Labute approximate surface area is 118 Å². The maximum absolute atomic E-state index is 5.84. The fourth-order valence-corrected chi connectivity index (χ4v) is 2.46. The number of aromatic nitrogens is 2. The maximum Gasteiger partial charge on any atom is 0.278 e.